The highest BCUT2D eigenvalue weighted by Crippen LogP contribution is 2.34. The Morgan fingerprint density at radius 1 is 0.781 bits per heavy atom. The Morgan fingerprint density at radius 2 is 1.44 bits per heavy atom. The Kier molecular flexibility index (Phi) is 5.60. The number of hydrogen-bond acceptors (Lipinski definition) is 4. The van der Waals surface area contributed by atoms with Crippen molar-refractivity contribution in [2.75, 3.05) is 15.5 Å². The number of benzene rings is 3. The van der Waals surface area contributed by atoms with Gasteiger partial charge < -0.3 is 10.6 Å². The van der Waals surface area contributed by atoms with E-state index >= 15 is 0 Å². The number of carbonyl (C=O) groups is 3. The minimum atomic E-state index is -0.416. The molecular weight excluding hydrogens is 402 g/mol. The fourth-order valence-corrected chi connectivity index (χ4v) is 3.61. The van der Waals surface area contributed by atoms with Gasteiger partial charge in [0.15, 0.2) is 0 Å². The molecule has 0 aromatic heterocycles. The molecule has 2 N–H and O–H groups in total. The molecule has 0 saturated carbocycles. The van der Waals surface area contributed by atoms with Crippen molar-refractivity contribution in [1.29, 1.82) is 0 Å². The molecule has 0 saturated heterocycles. The van der Waals surface area contributed by atoms with E-state index in [1.54, 1.807) is 48.5 Å². The first-order chi connectivity index (χ1) is 15.3. The van der Waals surface area contributed by atoms with Crippen molar-refractivity contribution >= 4 is 40.4 Å². The zero-order chi connectivity index (χ0) is 22.8. The maximum atomic E-state index is 13.4. The Hall–Kier alpha value is -4.19. The maximum absolute atomic E-state index is 13.4. The zero-order valence-electron chi connectivity index (χ0n) is 18.1. The summed E-state index contributed by atoms with van der Waals surface area (Å²) in [5.74, 6) is -1.00. The standard InChI is InChI=1S/C26H23N3O3/c1-16-9-12-21(15-17(16)2)28-24-23(19-10-13-20(14-11-19)27-18(3)30)25(31)29(26(24)32)22-7-5-4-6-8-22/h4-15,28H,1-3H3,(H,27,30). The number of carbonyl (C=O) groups excluding carboxylic acids is 3. The number of aryl methyl sites for hydroxylation is 2. The van der Waals surface area contributed by atoms with E-state index in [2.05, 4.69) is 10.6 Å². The van der Waals surface area contributed by atoms with E-state index in [1.807, 2.05) is 38.1 Å². The summed E-state index contributed by atoms with van der Waals surface area (Å²) in [4.78, 5) is 39.3. The van der Waals surface area contributed by atoms with E-state index in [-0.39, 0.29) is 17.2 Å². The number of rotatable bonds is 5. The highest BCUT2D eigenvalue weighted by atomic mass is 16.2. The first-order valence-electron chi connectivity index (χ1n) is 10.3. The number of nitrogens with one attached hydrogen (secondary N) is 2. The van der Waals surface area contributed by atoms with Crippen LogP contribution in [0, 0.1) is 13.8 Å². The van der Waals surface area contributed by atoms with Gasteiger partial charge in [0, 0.05) is 18.3 Å². The minimum absolute atomic E-state index is 0.184. The Balaban J connectivity index is 1.79. The maximum Gasteiger partial charge on any atom is 0.282 e. The molecule has 6 nitrogen and oxygen atoms in total. The quantitative estimate of drug-likeness (QED) is 0.583. The van der Waals surface area contributed by atoms with E-state index in [4.69, 9.17) is 0 Å². The number of anilines is 3. The molecule has 0 radical (unpaired) electrons. The van der Waals surface area contributed by atoms with Crippen LogP contribution in [0.25, 0.3) is 5.57 Å². The van der Waals surface area contributed by atoms with Crippen LogP contribution in [0.3, 0.4) is 0 Å². The smallest absolute Gasteiger partial charge is 0.282 e. The molecule has 1 aliphatic rings. The van der Waals surface area contributed by atoms with Gasteiger partial charge in [-0.2, -0.15) is 0 Å². The number of imide groups is 1. The second-order valence-corrected chi connectivity index (χ2v) is 7.71. The van der Waals surface area contributed by atoms with E-state index in [0.29, 0.717) is 16.9 Å². The van der Waals surface area contributed by atoms with Gasteiger partial charge >= 0.3 is 0 Å². The van der Waals surface area contributed by atoms with E-state index in [0.717, 1.165) is 16.8 Å². The molecule has 1 heterocycles. The average Bonchev–Trinajstić information content (AvgIpc) is 3.01. The molecule has 6 heteroatoms. The highest BCUT2D eigenvalue weighted by molar-refractivity contribution is 6.46. The molecular formula is C26H23N3O3. The second kappa shape index (κ2) is 8.51. The lowest BCUT2D eigenvalue weighted by Gasteiger charge is -2.15. The summed E-state index contributed by atoms with van der Waals surface area (Å²) in [6, 6.07) is 21.5. The molecule has 160 valence electrons. The molecule has 3 aromatic carbocycles. The summed E-state index contributed by atoms with van der Waals surface area (Å²) >= 11 is 0. The monoisotopic (exact) mass is 425 g/mol. The number of amides is 3. The van der Waals surface area contributed by atoms with Crippen LogP contribution in [0.5, 0.6) is 0 Å². The fraction of sp³-hybridized carbons (Fsp3) is 0.115. The van der Waals surface area contributed by atoms with E-state index < -0.39 is 11.8 Å². The lowest BCUT2D eigenvalue weighted by molar-refractivity contribution is -0.120. The summed E-state index contributed by atoms with van der Waals surface area (Å²) in [6.45, 7) is 5.44. The molecule has 0 spiro atoms. The Labute approximate surface area is 186 Å². The van der Waals surface area contributed by atoms with Gasteiger partial charge in [-0.15, -0.1) is 0 Å². The molecule has 3 aromatic rings. The molecule has 3 amide bonds. The fourth-order valence-electron chi connectivity index (χ4n) is 3.61. The van der Waals surface area contributed by atoms with Crippen LogP contribution in [0.4, 0.5) is 17.1 Å². The topological polar surface area (TPSA) is 78.5 Å². The van der Waals surface area contributed by atoms with Crippen LogP contribution in [-0.2, 0) is 14.4 Å². The van der Waals surface area contributed by atoms with Crippen molar-refractivity contribution in [3.05, 3.63) is 95.2 Å². The lowest BCUT2D eigenvalue weighted by atomic mass is 10.0. The summed E-state index contributed by atoms with van der Waals surface area (Å²) in [5, 5.41) is 5.89. The van der Waals surface area contributed by atoms with Gasteiger partial charge in [-0.3, -0.25) is 14.4 Å². The van der Waals surface area contributed by atoms with E-state index in [9.17, 15) is 14.4 Å². The third-order valence-corrected chi connectivity index (χ3v) is 5.37. The molecule has 0 bridgehead atoms. The number of para-hydroxylation sites is 1. The highest BCUT2D eigenvalue weighted by Gasteiger charge is 2.40. The van der Waals surface area contributed by atoms with Crippen LogP contribution in [0.1, 0.15) is 23.6 Å². The summed E-state index contributed by atoms with van der Waals surface area (Å²) in [6.07, 6.45) is 0. The Morgan fingerprint density at radius 3 is 2.06 bits per heavy atom. The first-order valence-corrected chi connectivity index (χ1v) is 10.3. The predicted molar refractivity (Wildman–Crippen MR) is 126 cm³/mol. The van der Waals surface area contributed by atoms with Gasteiger partial charge in [-0.1, -0.05) is 36.4 Å². The van der Waals surface area contributed by atoms with Crippen molar-refractivity contribution in [3.63, 3.8) is 0 Å². The van der Waals surface area contributed by atoms with Crippen molar-refractivity contribution in [2.24, 2.45) is 0 Å². The summed E-state index contributed by atoms with van der Waals surface area (Å²) in [7, 11) is 0. The van der Waals surface area contributed by atoms with Gasteiger partial charge in [-0.25, -0.2) is 4.90 Å². The van der Waals surface area contributed by atoms with Crippen LogP contribution >= 0.6 is 0 Å². The molecule has 0 fully saturated rings. The molecule has 0 atom stereocenters. The summed E-state index contributed by atoms with van der Waals surface area (Å²) < 4.78 is 0. The SMILES string of the molecule is CC(=O)Nc1ccc(C2=C(Nc3ccc(C)c(C)c3)C(=O)N(c3ccccc3)C2=O)cc1. The molecule has 0 unspecified atom stereocenters. The van der Waals surface area contributed by atoms with Crippen LogP contribution < -0.4 is 15.5 Å². The van der Waals surface area contributed by atoms with Crippen molar-refractivity contribution in [1.82, 2.24) is 0 Å². The third-order valence-electron chi connectivity index (χ3n) is 5.37. The molecule has 4 rings (SSSR count). The Bertz CT molecular complexity index is 1250. The van der Waals surface area contributed by atoms with Crippen molar-refractivity contribution < 1.29 is 14.4 Å². The number of hydrogen-bond donors (Lipinski definition) is 2. The van der Waals surface area contributed by atoms with Gasteiger partial charge in [0.05, 0.1) is 11.3 Å². The van der Waals surface area contributed by atoms with Gasteiger partial charge in [0.25, 0.3) is 11.8 Å². The van der Waals surface area contributed by atoms with Crippen LogP contribution in [-0.4, -0.2) is 17.7 Å². The van der Waals surface area contributed by atoms with Gasteiger partial charge in [0.1, 0.15) is 5.70 Å². The normalized spacial score (nSPS) is 13.5. The van der Waals surface area contributed by atoms with Crippen LogP contribution in [0.15, 0.2) is 78.5 Å². The van der Waals surface area contributed by atoms with E-state index in [1.165, 1.54) is 11.8 Å². The molecule has 1 aliphatic heterocycles. The van der Waals surface area contributed by atoms with Crippen molar-refractivity contribution in [3.8, 4) is 0 Å². The second-order valence-electron chi connectivity index (χ2n) is 7.71. The summed E-state index contributed by atoms with van der Waals surface area (Å²) in [5.41, 5.74) is 5.15. The molecule has 32 heavy (non-hydrogen) atoms. The largest absolute Gasteiger partial charge is 0.350 e. The van der Waals surface area contributed by atoms with Crippen molar-refractivity contribution in [2.45, 2.75) is 20.8 Å². The zero-order valence-corrected chi connectivity index (χ0v) is 18.1. The van der Waals surface area contributed by atoms with Gasteiger partial charge in [0.2, 0.25) is 5.91 Å². The third kappa shape index (κ3) is 4.03. The lowest BCUT2D eigenvalue weighted by Crippen LogP contribution is -2.32. The average molecular weight is 425 g/mol. The van der Waals surface area contributed by atoms with Gasteiger partial charge in [-0.05, 0) is 66.9 Å². The van der Waals surface area contributed by atoms with Crippen LogP contribution in [0.2, 0.25) is 0 Å². The molecule has 0 aliphatic carbocycles. The first kappa shape index (κ1) is 21.1. The predicted octanol–water partition coefficient (Wildman–Crippen LogP) is 4.66. The number of nitrogens with zero attached hydrogens (tertiary/aromatic N) is 1. The minimum Gasteiger partial charge on any atom is -0.350 e.